The number of benzene rings is 1. The van der Waals surface area contributed by atoms with E-state index in [1.54, 1.807) is 25.1 Å². The van der Waals surface area contributed by atoms with Crippen LogP contribution < -0.4 is 21.2 Å². The molecule has 24 heavy (non-hydrogen) atoms. The number of nitrogens with one attached hydrogen (secondary N) is 2. The summed E-state index contributed by atoms with van der Waals surface area (Å²) < 4.78 is 5.78. The van der Waals surface area contributed by atoms with Crippen molar-refractivity contribution in [2.75, 3.05) is 6.61 Å². The topological polar surface area (TPSA) is 123 Å². The van der Waals surface area contributed by atoms with E-state index >= 15 is 0 Å². The predicted molar refractivity (Wildman–Crippen MR) is 92.5 cm³/mol. The Morgan fingerprint density at radius 2 is 2.08 bits per heavy atom. The second-order valence-electron chi connectivity index (χ2n) is 4.93. The summed E-state index contributed by atoms with van der Waals surface area (Å²) in [4.78, 5) is 33.8. The Bertz CT molecular complexity index is 648. The van der Waals surface area contributed by atoms with Gasteiger partial charge in [-0.25, -0.2) is 5.43 Å². The molecule has 0 radical (unpaired) electrons. The number of amides is 3. The monoisotopic (exact) mass is 398 g/mol. The lowest BCUT2D eigenvalue weighted by molar-refractivity contribution is -0.139. The molecule has 0 aliphatic heterocycles. The molecule has 1 aromatic carbocycles. The van der Waals surface area contributed by atoms with Gasteiger partial charge in [0.1, 0.15) is 5.75 Å². The lowest BCUT2D eigenvalue weighted by Gasteiger charge is -2.09. The fourth-order valence-corrected chi connectivity index (χ4v) is 1.98. The van der Waals surface area contributed by atoms with E-state index in [1.807, 2.05) is 6.92 Å². The second-order valence-corrected chi connectivity index (χ2v) is 5.78. The van der Waals surface area contributed by atoms with Crippen molar-refractivity contribution in [1.29, 1.82) is 0 Å². The molecule has 0 aromatic heterocycles. The first-order chi connectivity index (χ1) is 11.3. The summed E-state index contributed by atoms with van der Waals surface area (Å²) in [6.07, 6.45) is 2.09. The van der Waals surface area contributed by atoms with E-state index < -0.39 is 17.7 Å². The SMILES string of the molecule is CC[C@H](C)NC(=O)C(=O)N/N=C\c1ccc(OCC(N)=O)c(Br)c1. The molecule has 3 amide bonds. The average Bonchev–Trinajstić information content (AvgIpc) is 2.53. The first-order valence-corrected chi connectivity index (χ1v) is 7.97. The molecule has 0 unspecified atom stereocenters. The van der Waals surface area contributed by atoms with Crippen molar-refractivity contribution in [1.82, 2.24) is 10.7 Å². The van der Waals surface area contributed by atoms with E-state index in [1.165, 1.54) is 6.21 Å². The van der Waals surface area contributed by atoms with Crippen LogP contribution in [0.5, 0.6) is 5.75 Å². The molecule has 0 saturated carbocycles. The summed E-state index contributed by atoms with van der Waals surface area (Å²) in [7, 11) is 0. The molecule has 0 aliphatic rings. The number of carbonyl (C=O) groups excluding carboxylic acids is 3. The van der Waals surface area contributed by atoms with Gasteiger partial charge in [-0.05, 0) is 53.0 Å². The van der Waals surface area contributed by atoms with Crippen LogP contribution in [-0.4, -0.2) is 36.6 Å². The Hall–Kier alpha value is -2.42. The molecule has 0 saturated heterocycles. The molecular formula is C15H19BrN4O4. The summed E-state index contributed by atoms with van der Waals surface area (Å²) >= 11 is 3.29. The second kappa shape index (κ2) is 9.66. The van der Waals surface area contributed by atoms with Crippen LogP contribution in [0.15, 0.2) is 27.8 Å². The Labute approximate surface area is 147 Å². The van der Waals surface area contributed by atoms with Crippen LogP contribution >= 0.6 is 15.9 Å². The fourth-order valence-electron chi connectivity index (χ4n) is 1.47. The molecule has 9 heteroatoms. The van der Waals surface area contributed by atoms with Gasteiger partial charge in [0, 0.05) is 6.04 Å². The van der Waals surface area contributed by atoms with E-state index in [-0.39, 0.29) is 12.6 Å². The van der Waals surface area contributed by atoms with Crippen molar-refractivity contribution in [3.8, 4) is 5.75 Å². The molecule has 0 bridgehead atoms. The first kappa shape index (κ1) is 19.6. The van der Waals surface area contributed by atoms with Crippen LogP contribution in [0.2, 0.25) is 0 Å². The van der Waals surface area contributed by atoms with E-state index in [9.17, 15) is 14.4 Å². The molecule has 0 spiro atoms. The summed E-state index contributed by atoms with van der Waals surface area (Å²) in [6.45, 7) is 3.47. The van der Waals surface area contributed by atoms with Crippen molar-refractivity contribution in [2.24, 2.45) is 10.8 Å². The van der Waals surface area contributed by atoms with Gasteiger partial charge < -0.3 is 15.8 Å². The zero-order valence-electron chi connectivity index (χ0n) is 13.3. The van der Waals surface area contributed by atoms with Crippen LogP contribution in [0.4, 0.5) is 0 Å². The minimum Gasteiger partial charge on any atom is -0.483 e. The molecule has 1 rings (SSSR count). The van der Waals surface area contributed by atoms with Gasteiger partial charge in [0.2, 0.25) is 0 Å². The number of halogens is 1. The molecule has 0 fully saturated rings. The minimum atomic E-state index is -0.841. The highest BCUT2D eigenvalue weighted by Crippen LogP contribution is 2.25. The number of rotatable bonds is 7. The smallest absolute Gasteiger partial charge is 0.329 e. The van der Waals surface area contributed by atoms with Crippen molar-refractivity contribution < 1.29 is 19.1 Å². The van der Waals surface area contributed by atoms with Crippen LogP contribution in [0, 0.1) is 0 Å². The van der Waals surface area contributed by atoms with Gasteiger partial charge in [-0.1, -0.05) is 6.92 Å². The molecule has 0 heterocycles. The van der Waals surface area contributed by atoms with Crippen molar-refractivity contribution in [3.63, 3.8) is 0 Å². The number of nitrogens with two attached hydrogens (primary N) is 1. The van der Waals surface area contributed by atoms with Gasteiger partial charge in [-0.2, -0.15) is 5.10 Å². The third-order valence-electron chi connectivity index (χ3n) is 2.90. The third-order valence-corrected chi connectivity index (χ3v) is 3.52. The van der Waals surface area contributed by atoms with Gasteiger partial charge in [0.05, 0.1) is 10.7 Å². The molecule has 4 N–H and O–H groups in total. The zero-order chi connectivity index (χ0) is 18.1. The predicted octanol–water partition coefficient (Wildman–Crippen LogP) is 0.678. The highest BCUT2D eigenvalue weighted by molar-refractivity contribution is 9.10. The summed E-state index contributed by atoms with van der Waals surface area (Å²) in [6, 6.07) is 4.86. The van der Waals surface area contributed by atoms with Crippen molar-refractivity contribution in [3.05, 3.63) is 28.2 Å². The number of primary amides is 1. The summed E-state index contributed by atoms with van der Waals surface area (Å²) in [5.74, 6) is -1.71. The lowest BCUT2D eigenvalue weighted by atomic mass is 10.2. The summed E-state index contributed by atoms with van der Waals surface area (Å²) in [5, 5.41) is 6.25. The minimum absolute atomic E-state index is 0.0869. The quantitative estimate of drug-likeness (QED) is 0.354. The van der Waals surface area contributed by atoms with E-state index in [0.29, 0.717) is 15.8 Å². The average molecular weight is 399 g/mol. The normalized spacial score (nSPS) is 11.8. The molecule has 1 atom stereocenters. The van der Waals surface area contributed by atoms with Crippen molar-refractivity contribution in [2.45, 2.75) is 26.3 Å². The lowest BCUT2D eigenvalue weighted by Crippen LogP contribution is -2.41. The van der Waals surface area contributed by atoms with Crippen LogP contribution in [-0.2, 0) is 14.4 Å². The number of nitrogens with zero attached hydrogens (tertiary/aromatic N) is 1. The van der Waals surface area contributed by atoms with E-state index in [4.69, 9.17) is 10.5 Å². The highest BCUT2D eigenvalue weighted by Gasteiger charge is 2.14. The standard InChI is InChI=1S/C15H19BrN4O4/c1-3-9(2)19-14(22)15(23)20-18-7-10-4-5-12(11(16)6-10)24-8-13(17)21/h4-7,9H,3,8H2,1-2H3,(H2,17,21)(H,19,22)(H,20,23)/b18-7-/t9-/m0/s1. The Balaban J connectivity index is 2.58. The number of hydrogen-bond donors (Lipinski definition) is 3. The van der Waals surface area contributed by atoms with E-state index in [0.717, 1.165) is 6.42 Å². The van der Waals surface area contributed by atoms with Crippen LogP contribution in [0.25, 0.3) is 0 Å². The largest absolute Gasteiger partial charge is 0.483 e. The Morgan fingerprint density at radius 1 is 1.38 bits per heavy atom. The Morgan fingerprint density at radius 3 is 2.67 bits per heavy atom. The maximum Gasteiger partial charge on any atom is 0.329 e. The van der Waals surface area contributed by atoms with Gasteiger partial charge in [0.15, 0.2) is 6.61 Å². The number of hydrogen-bond acceptors (Lipinski definition) is 5. The zero-order valence-corrected chi connectivity index (χ0v) is 14.9. The van der Waals surface area contributed by atoms with Gasteiger partial charge in [-0.3, -0.25) is 14.4 Å². The van der Waals surface area contributed by atoms with Crippen LogP contribution in [0.1, 0.15) is 25.8 Å². The molecule has 8 nitrogen and oxygen atoms in total. The maximum atomic E-state index is 11.5. The Kier molecular flexibility index (Phi) is 7.90. The maximum absolute atomic E-state index is 11.5. The number of carbonyl (C=O) groups is 3. The summed E-state index contributed by atoms with van der Waals surface area (Å²) in [5.41, 5.74) is 7.80. The number of ether oxygens (including phenoxy) is 1. The van der Waals surface area contributed by atoms with E-state index in [2.05, 4.69) is 31.8 Å². The number of hydrazone groups is 1. The third kappa shape index (κ3) is 6.78. The highest BCUT2D eigenvalue weighted by atomic mass is 79.9. The van der Waals surface area contributed by atoms with Gasteiger partial charge in [0.25, 0.3) is 5.91 Å². The van der Waals surface area contributed by atoms with Gasteiger partial charge in [-0.15, -0.1) is 0 Å². The van der Waals surface area contributed by atoms with Gasteiger partial charge >= 0.3 is 11.8 Å². The molecular weight excluding hydrogens is 380 g/mol. The molecule has 0 aliphatic carbocycles. The molecule has 130 valence electrons. The molecule has 1 aromatic rings. The first-order valence-electron chi connectivity index (χ1n) is 7.18. The van der Waals surface area contributed by atoms with Crippen LogP contribution in [0.3, 0.4) is 0 Å². The van der Waals surface area contributed by atoms with Crippen molar-refractivity contribution >= 4 is 39.9 Å². The fraction of sp³-hybridized carbons (Fsp3) is 0.333.